The molecule has 1 N–H and O–H groups in total. The lowest BCUT2D eigenvalue weighted by Gasteiger charge is -2.07. The number of alkyl halides is 3. The van der Waals surface area contributed by atoms with Gasteiger partial charge in [0.25, 0.3) is 5.56 Å². The minimum atomic E-state index is -4.62. The first kappa shape index (κ1) is 15.1. The van der Waals surface area contributed by atoms with E-state index in [0.717, 1.165) is 21.8 Å². The molecule has 0 atom stereocenters. The highest BCUT2D eigenvalue weighted by Gasteiger charge is 2.33. The maximum atomic E-state index is 12.5. The molecule has 0 unspecified atom stereocenters. The Bertz CT molecular complexity index is 655. The van der Waals surface area contributed by atoms with Crippen LogP contribution in [0.25, 0.3) is 0 Å². The molecule has 0 saturated heterocycles. The van der Waals surface area contributed by atoms with Gasteiger partial charge in [-0.25, -0.2) is 4.98 Å². The van der Waals surface area contributed by atoms with E-state index in [1.165, 1.54) is 0 Å². The van der Waals surface area contributed by atoms with E-state index in [1.54, 1.807) is 0 Å². The Morgan fingerprint density at radius 3 is 2.50 bits per heavy atom. The molecular weight excluding hydrogens is 357 g/mol. The van der Waals surface area contributed by atoms with Crippen molar-refractivity contribution in [2.24, 2.45) is 0 Å². The fourth-order valence-corrected chi connectivity index (χ4v) is 2.48. The number of nitrogens with zero attached hydrogens (tertiary/aromatic N) is 1. The summed E-state index contributed by atoms with van der Waals surface area (Å²) in [4.78, 5) is 16.9. The molecule has 0 fully saturated rings. The summed E-state index contributed by atoms with van der Waals surface area (Å²) in [5, 5.41) is -0.0484. The summed E-state index contributed by atoms with van der Waals surface area (Å²) in [6.45, 7) is 0. The van der Waals surface area contributed by atoms with Crippen LogP contribution in [0.3, 0.4) is 0 Å². The third kappa shape index (κ3) is 4.11. The topological polar surface area (TPSA) is 45.8 Å². The van der Waals surface area contributed by atoms with Gasteiger partial charge in [-0.1, -0.05) is 39.8 Å². The normalized spacial score (nSPS) is 11.6. The molecule has 8 heteroatoms. The fraction of sp³-hybridized carbons (Fsp3) is 0.167. The van der Waals surface area contributed by atoms with Crippen molar-refractivity contribution >= 4 is 27.7 Å². The summed E-state index contributed by atoms with van der Waals surface area (Å²) in [5.41, 5.74) is -1.08. The van der Waals surface area contributed by atoms with Crippen LogP contribution in [0, 0.1) is 0 Å². The number of halogens is 4. The van der Waals surface area contributed by atoms with E-state index < -0.39 is 17.4 Å². The smallest absolute Gasteiger partial charge is 0.301 e. The lowest BCUT2D eigenvalue weighted by molar-refractivity contribution is -0.141. The van der Waals surface area contributed by atoms with Crippen LogP contribution >= 0.6 is 27.7 Å². The molecule has 0 amide bonds. The number of nitrogens with one attached hydrogen (secondary N) is 1. The summed E-state index contributed by atoms with van der Waals surface area (Å²) < 4.78 is 38.5. The van der Waals surface area contributed by atoms with E-state index in [9.17, 15) is 18.0 Å². The Morgan fingerprint density at radius 1 is 1.25 bits per heavy atom. The summed E-state index contributed by atoms with van der Waals surface area (Å²) >= 11 is 4.33. The Kier molecular flexibility index (Phi) is 4.54. The predicted octanol–water partition coefficient (Wildman–Crippen LogP) is 3.84. The van der Waals surface area contributed by atoms with Crippen molar-refractivity contribution in [3.05, 3.63) is 56.4 Å². The average Bonchev–Trinajstić information content (AvgIpc) is 2.36. The van der Waals surface area contributed by atoms with Gasteiger partial charge in [0.2, 0.25) is 0 Å². The summed E-state index contributed by atoms with van der Waals surface area (Å²) in [5.74, 6) is 0.414. The Hall–Kier alpha value is -1.28. The maximum Gasteiger partial charge on any atom is 0.433 e. The van der Waals surface area contributed by atoms with Crippen LogP contribution in [-0.4, -0.2) is 9.97 Å². The monoisotopic (exact) mass is 364 g/mol. The van der Waals surface area contributed by atoms with Crippen molar-refractivity contribution in [3.8, 4) is 0 Å². The van der Waals surface area contributed by atoms with Crippen molar-refractivity contribution in [1.82, 2.24) is 9.97 Å². The highest BCUT2D eigenvalue weighted by Crippen LogP contribution is 2.28. The van der Waals surface area contributed by atoms with Gasteiger partial charge in [-0.3, -0.25) is 4.79 Å². The Morgan fingerprint density at radius 2 is 1.90 bits per heavy atom. The number of rotatable bonds is 3. The molecule has 2 aromatic rings. The molecule has 0 aliphatic carbocycles. The lowest BCUT2D eigenvalue weighted by Crippen LogP contribution is -2.16. The molecule has 1 aromatic heterocycles. The van der Waals surface area contributed by atoms with Crippen LogP contribution in [0.1, 0.15) is 11.3 Å². The third-order valence-electron chi connectivity index (χ3n) is 2.30. The first-order valence-corrected chi connectivity index (χ1v) is 7.18. The molecule has 0 radical (unpaired) electrons. The number of H-pyrrole nitrogens is 1. The molecule has 3 nitrogen and oxygen atoms in total. The van der Waals surface area contributed by atoms with Gasteiger partial charge in [0, 0.05) is 16.3 Å². The second-order valence-corrected chi connectivity index (χ2v) is 5.73. The van der Waals surface area contributed by atoms with Crippen LogP contribution in [0.15, 0.2) is 44.8 Å². The number of hydrogen-bond acceptors (Lipinski definition) is 3. The van der Waals surface area contributed by atoms with Gasteiger partial charge in [-0.05, 0) is 17.7 Å². The first-order valence-electron chi connectivity index (χ1n) is 5.40. The standard InChI is InChI=1S/C12H8BrF3N2OS/c13-8-3-1-7(2-4-8)6-20-11-17-9(12(14,15)16)5-10(19)18-11/h1-5H,6H2,(H,17,18,19). The molecule has 106 valence electrons. The fourth-order valence-electron chi connectivity index (χ4n) is 1.38. The van der Waals surface area contributed by atoms with Crippen LogP contribution in [0.2, 0.25) is 0 Å². The predicted molar refractivity (Wildman–Crippen MR) is 73.6 cm³/mol. The Labute approximate surface area is 124 Å². The SMILES string of the molecule is O=c1cc(C(F)(F)F)nc(SCc2ccc(Br)cc2)[nH]1. The van der Waals surface area contributed by atoms with E-state index >= 15 is 0 Å². The highest BCUT2D eigenvalue weighted by molar-refractivity contribution is 9.10. The lowest BCUT2D eigenvalue weighted by atomic mass is 10.2. The molecule has 0 bridgehead atoms. The van der Waals surface area contributed by atoms with Gasteiger partial charge in [0.1, 0.15) is 0 Å². The number of benzene rings is 1. The van der Waals surface area contributed by atoms with Gasteiger partial charge >= 0.3 is 6.18 Å². The molecule has 0 saturated carbocycles. The molecule has 0 aliphatic rings. The zero-order valence-electron chi connectivity index (χ0n) is 9.87. The van der Waals surface area contributed by atoms with Gasteiger partial charge < -0.3 is 4.98 Å². The molecule has 2 rings (SSSR count). The number of aromatic nitrogens is 2. The molecule has 1 heterocycles. The van der Waals surface area contributed by atoms with Crippen LogP contribution in [0.5, 0.6) is 0 Å². The van der Waals surface area contributed by atoms with Gasteiger partial charge in [0.15, 0.2) is 10.9 Å². The molecular formula is C12H8BrF3N2OS. The Balaban J connectivity index is 2.15. The van der Waals surface area contributed by atoms with Crippen molar-refractivity contribution in [2.75, 3.05) is 0 Å². The van der Waals surface area contributed by atoms with Crippen molar-refractivity contribution in [2.45, 2.75) is 17.1 Å². The van der Waals surface area contributed by atoms with Crippen LogP contribution in [0.4, 0.5) is 13.2 Å². The van der Waals surface area contributed by atoms with E-state index in [2.05, 4.69) is 25.9 Å². The van der Waals surface area contributed by atoms with Gasteiger partial charge in [-0.2, -0.15) is 13.2 Å². The maximum absolute atomic E-state index is 12.5. The second kappa shape index (κ2) is 6.01. The summed E-state index contributed by atoms with van der Waals surface area (Å²) in [6, 6.07) is 7.78. The molecule has 1 aromatic carbocycles. The third-order valence-corrected chi connectivity index (χ3v) is 3.77. The molecule has 20 heavy (non-hydrogen) atoms. The largest absolute Gasteiger partial charge is 0.433 e. The van der Waals surface area contributed by atoms with E-state index in [1.807, 2.05) is 24.3 Å². The van der Waals surface area contributed by atoms with Gasteiger partial charge in [-0.15, -0.1) is 0 Å². The molecule has 0 spiro atoms. The molecule has 0 aliphatic heterocycles. The number of hydrogen-bond donors (Lipinski definition) is 1. The van der Waals surface area contributed by atoms with Crippen LogP contribution in [-0.2, 0) is 11.9 Å². The van der Waals surface area contributed by atoms with Crippen molar-refractivity contribution in [1.29, 1.82) is 0 Å². The summed E-state index contributed by atoms with van der Waals surface area (Å²) in [7, 11) is 0. The number of aromatic amines is 1. The van der Waals surface area contributed by atoms with E-state index in [4.69, 9.17) is 0 Å². The van der Waals surface area contributed by atoms with E-state index in [-0.39, 0.29) is 5.16 Å². The zero-order chi connectivity index (χ0) is 14.8. The van der Waals surface area contributed by atoms with Crippen LogP contribution < -0.4 is 5.56 Å². The van der Waals surface area contributed by atoms with Crippen molar-refractivity contribution in [3.63, 3.8) is 0 Å². The quantitative estimate of drug-likeness (QED) is 0.664. The minimum Gasteiger partial charge on any atom is -0.301 e. The second-order valence-electron chi connectivity index (χ2n) is 3.85. The average molecular weight is 365 g/mol. The zero-order valence-corrected chi connectivity index (χ0v) is 12.3. The van der Waals surface area contributed by atoms with Crippen molar-refractivity contribution < 1.29 is 13.2 Å². The van der Waals surface area contributed by atoms with E-state index in [0.29, 0.717) is 11.8 Å². The highest BCUT2D eigenvalue weighted by atomic mass is 79.9. The number of thioether (sulfide) groups is 1. The first-order chi connectivity index (χ1) is 9.34. The minimum absolute atomic E-state index is 0.0484. The van der Waals surface area contributed by atoms with Gasteiger partial charge in [0.05, 0.1) is 0 Å². The summed E-state index contributed by atoms with van der Waals surface area (Å²) in [6.07, 6.45) is -4.62.